The standard InChI is InChI=1S/C56H107NO5/c1-4-7-10-13-16-19-22-25-26-27-28-29-31-34-37-40-43-46-49-56(61)62-52(47-44-41-38-35-32-24-21-18-15-12-9-6-3)50-55(60)57-53(51-58)54(59)48-45-42-39-36-33-30-23-20-17-14-11-8-5-2/h28-29,35,38,52-54,58-59H,4-27,30-34,36-37,39-51H2,1-3H3,(H,57,60)/b29-28+,38-35-. The molecule has 0 aromatic rings. The molecule has 0 aliphatic heterocycles. The number of nitrogens with one attached hydrogen (secondary N) is 1. The Morgan fingerprint density at radius 1 is 0.452 bits per heavy atom. The highest BCUT2D eigenvalue weighted by Crippen LogP contribution is 2.18. The molecule has 0 rings (SSSR count). The van der Waals surface area contributed by atoms with Crippen LogP contribution in [0.25, 0.3) is 0 Å². The van der Waals surface area contributed by atoms with Crippen LogP contribution in [0.15, 0.2) is 24.3 Å². The zero-order valence-electron chi connectivity index (χ0n) is 41.8. The summed E-state index contributed by atoms with van der Waals surface area (Å²) in [6.07, 6.45) is 58.2. The molecule has 62 heavy (non-hydrogen) atoms. The lowest BCUT2D eigenvalue weighted by atomic mass is 10.0. The van der Waals surface area contributed by atoms with Gasteiger partial charge in [0.2, 0.25) is 5.91 Å². The van der Waals surface area contributed by atoms with Crippen molar-refractivity contribution in [2.75, 3.05) is 6.61 Å². The minimum absolute atomic E-state index is 0.0576. The van der Waals surface area contributed by atoms with Crippen LogP contribution in [-0.4, -0.2) is 46.9 Å². The number of hydrogen-bond acceptors (Lipinski definition) is 5. The van der Waals surface area contributed by atoms with Gasteiger partial charge in [0, 0.05) is 6.42 Å². The predicted molar refractivity (Wildman–Crippen MR) is 269 cm³/mol. The van der Waals surface area contributed by atoms with Crippen LogP contribution in [0, 0.1) is 0 Å². The van der Waals surface area contributed by atoms with Gasteiger partial charge in [-0.2, -0.15) is 0 Å². The summed E-state index contributed by atoms with van der Waals surface area (Å²) in [4.78, 5) is 26.2. The molecule has 0 aliphatic carbocycles. The lowest BCUT2D eigenvalue weighted by Gasteiger charge is -2.24. The van der Waals surface area contributed by atoms with E-state index in [0.29, 0.717) is 19.3 Å². The second-order valence-electron chi connectivity index (χ2n) is 19.0. The van der Waals surface area contributed by atoms with Gasteiger partial charge in [-0.1, -0.05) is 238 Å². The highest BCUT2D eigenvalue weighted by atomic mass is 16.5. The van der Waals surface area contributed by atoms with Gasteiger partial charge in [0.05, 0.1) is 25.2 Å². The fourth-order valence-electron chi connectivity index (χ4n) is 8.54. The van der Waals surface area contributed by atoms with Gasteiger partial charge in [-0.3, -0.25) is 9.59 Å². The maximum Gasteiger partial charge on any atom is 0.306 e. The average molecular weight is 874 g/mol. The van der Waals surface area contributed by atoms with Crippen LogP contribution in [-0.2, 0) is 14.3 Å². The highest BCUT2D eigenvalue weighted by molar-refractivity contribution is 5.77. The van der Waals surface area contributed by atoms with Crippen LogP contribution in [0.1, 0.15) is 297 Å². The molecule has 0 saturated heterocycles. The van der Waals surface area contributed by atoms with Crippen molar-refractivity contribution in [2.24, 2.45) is 0 Å². The Hall–Kier alpha value is -1.66. The zero-order chi connectivity index (χ0) is 45.2. The van der Waals surface area contributed by atoms with Crippen LogP contribution in [0.4, 0.5) is 0 Å². The van der Waals surface area contributed by atoms with Crippen LogP contribution >= 0.6 is 0 Å². The summed E-state index contributed by atoms with van der Waals surface area (Å²) in [5.74, 6) is -0.499. The van der Waals surface area contributed by atoms with Gasteiger partial charge in [-0.25, -0.2) is 0 Å². The Labute approximate surface area is 386 Å². The number of esters is 1. The third-order valence-electron chi connectivity index (χ3n) is 12.8. The smallest absolute Gasteiger partial charge is 0.306 e. The summed E-state index contributed by atoms with van der Waals surface area (Å²) in [7, 11) is 0. The molecule has 3 atom stereocenters. The van der Waals surface area contributed by atoms with Gasteiger partial charge < -0.3 is 20.3 Å². The summed E-state index contributed by atoms with van der Waals surface area (Å²) < 4.78 is 5.92. The fourth-order valence-corrected chi connectivity index (χ4v) is 8.54. The molecular formula is C56H107NO5. The second-order valence-corrected chi connectivity index (χ2v) is 19.0. The van der Waals surface area contributed by atoms with Crippen molar-refractivity contribution < 1.29 is 24.5 Å². The van der Waals surface area contributed by atoms with Crippen molar-refractivity contribution >= 4 is 11.9 Å². The monoisotopic (exact) mass is 874 g/mol. The molecule has 0 heterocycles. The molecule has 0 radical (unpaired) electrons. The van der Waals surface area contributed by atoms with Crippen molar-refractivity contribution in [3.63, 3.8) is 0 Å². The first-order valence-electron chi connectivity index (χ1n) is 27.6. The van der Waals surface area contributed by atoms with E-state index in [4.69, 9.17) is 4.74 Å². The van der Waals surface area contributed by atoms with Crippen molar-refractivity contribution in [1.82, 2.24) is 5.32 Å². The number of hydrogen-bond donors (Lipinski definition) is 3. The van der Waals surface area contributed by atoms with Gasteiger partial charge in [0.25, 0.3) is 0 Å². The van der Waals surface area contributed by atoms with Crippen molar-refractivity contribution in [2.45, 2.75) is 315 Å². The molecule has 6 heteroatoms. The lowest BCUT2D eigenvalue weighted by Crippen LogP contribution is -2.46. The van der Waals surface area contributed by atoms with E-state index in [-0.39, 0.29) is 24.9 Å². The minimum Gasteiger partial charge on any atom is -0.462 e. The number of carbonyl (C=O) groups is 2. The van der Waals surface area contributed by atoms with E-state index in [1.807, 2.05) is 0 Å². The van der Waals surface area contributed by atoms with Crippen molar-refractivity contribution in [3.8, 4) is 0 Å². The van der Waals surface area contributed by atoms with E-state index in [2.05, 4.69) is 50.4 Å². The highest BCUT2D eigenvalue weighted by Gasteiger charge is 2.24. The molecule has 0 aromatic heterocycles. The summed E-state index contributed by atoms with van der Waals surface area (Å²) in [6, 6.07) is -0.707. The molecule has 0 bridgehead atoms. The predicted octanol–water partition coefficient (Wildman–Crippen LogP) is 16.7. The molecule has 0 saturated carbocycles. The molecule has 366 valence electrons. The average Bonchev–Trinajstić information content (AvgIpc) is 3.26. The summed E-state index contributed by atoms with van der Waals surface area (Å²) in [5, 5.41) is 23.8. The zero-order valence-corrected chi connectivity index (χ0v) is 41.8. The fraction of sp³-hybridized carbons (Fsp3) is 0.893. The first-order chi connectivity index (χ1) is 30.5. The Bertz CT molecular complexity index is 981. The SMILES string of the molecule is CCCCCCCCC/C=C\CCCC(CC(=O)NC(CO)C(O)CCCCCCCCCCCCCCC)OC(=O)CCCCCCC/C=C/CCCCCCCCCCC. The van der Waals surface area contributed by atoms with Crippen molar-refractivity contribution in [3.05, 3.63) is 24.3 Å². The molecule has 3 unspecified atom stereocenters. The first-order valence-corrected chi connectivity index (χ1v) is 27.6. The molecular weight excluding hydrogens is 767 g/mol. The first kappa shape index (κ1) is 60.3. The number of rotatable bonds is 50. The Balaban J connectivity index is 4.52. The van der Waals surface area contributed by atoms with Crippen molar-refractivity contribution in [1.29, 1.82) is 0 Å². The van der Waals surface area contributed by atoms with E-state index < -0.39 is 18.2 Å². The number of unbranched alkanes of at least 4 members (excludes halogenated alkanes) is 34. The number of allylic oxidation sites excluding steroid dienone is 4. The molecule has 1 amide bonds. The number of ether oxygens (including phenoxy) is 1. The van der Waals surface area contributed by atoms with E-state index in [1.165, 1.54) is 186 Å². The van der Waals surface area contributed by atoms with Crippen LogP contribution in [0.3, 0.4) is 0 Å². The van der Waals surface area contributed by atoms with Crippen LogP contribution in [0.5, 0.6) is 0 Å². The number of aliphatic hydroxyl groups excluding tert-OH is 2. The van der Waals surface area contributed by atoms with Crippen LogP contribution in [0.2, 0.25) is 0 Å². The minimum atomic E-state index is -0.792. The third-order valence-corrected chi connectivity index (χ3v) is 12.8. The maximum atomic E-state index is 13.2. The van der Waals surface area contributed by atoms with Gasteiger partial charge >= 0.3 is 5.97 Å². The van der Waals surface area contributed by atoms with E-state index in [0.717, 1.165) is 64.2 Å². The number of amides is 1. The van der Waals surface area contributed by atoms with E-state index in [9.17, 15) is 19.8 Å². The molecule has 0 aliphatic rings. The van der Waals surface area contributed by atoms with Gasteiger partial charge in [-0.05, 0) is 70.6 Å². The molecule has 0 spiro atoms. The third kappa shape index (κ3) is 44.9. The Kier molecular flexibility index (Phi) is 49.0. The normalized spacial score (nSPS) is 13.3. The molecule has 3 N–H and O–H groups in total. The lowest BCUT2D eigenvalue weighted by molar-refractivity contribution is -0.151. The topological polar surface area (TPSA) is 95.9 Å². The van der Waals surface area contributed by atoms with E-state index in [1.54, 1.807) is 0 Å². The molecule has 6 nitrogen and oxygen atoms in total. The van der Waals surface area contributed by atoms with Gasteiger partial charge in [-0.15, -0.1) is 0 Å². The quantitative estimate of drug-likeness (QED) is 0.0321. The molecule has 0 aromatic carbocycles. The summed E-state index contributed by atoms with van der Waals surface area (Å²) in [6.45, 7) is 6.49. The summed E-state index contributed by atoms with van der Waals surface area (Å²) in [5.41, 5.74) is 0. The van der Waals surface area contributed by atoms with Gasteiger partial charge in [0.1, 0.15) is 6.10 Å². The van der Waals surface area contributed by atoms with E-state index >= 15 is 0 Å². The Morgan fingerprint density at radius 2 is 0.790 bits per heavy atom. The van der Waals surface area contributed by atoms with Gasteiger partial charge in [0.15, 0.2) is 0 Å². The number of carbonyl (C=O) groups excluding carboxylic acids is 2. The number of aliphatic hydroxyl groups is 2. The van der Waals surface area contributed by atoms with Crippen LogP contribution < -0.4 is 5.32 Å². The largest absolute Gasteiger partial charge is 0.462 e. The summed E-state index contributed by atoms with van der Waals surface area (Å²) >= 11 is 0. The molecule has 0 fully saturated rings. The Morgan fingerprint density at radius 3 is 1.18 bits per heavy atom. The maximum absolute atomic E-state index is 13.2. The second kappa shape index (κ2) is 50.3.